The number of Topliss-reactive ketones (excluding diaryl/α,β-unsaturated/α-hetero) is 1. The Bertz CT molecular complexity index is 1370. The number of H-pyrrole nitrogens is 1. The summed E-state index contributed by atoms with van der Waals surface area (Å²) in [5, 5.41) is 11.6. The smallest absolute Gasteiger partial charge is 0.379 e. The molecule has 1 saturated heterocycles. The minimum absolute atomic E-state index is 0.0872. The molecule has 3 aromatic rings. The third-order valence-corrected chi connectivity index (χ3v) is 8.16. The number of aromatic nitrogens is 4. The molecule has 0 saturated carbocycles. The highest BCUT2D eigenvalue weighted by molar-refractivity contribution is 7.54. The number of nitrogens with two attached hydrogens (primary N) is 1. The predicted molar refractivity (Wildman–Crippen MR) is 127 cm³/mol. The SMILES string of the molecule is CC(=O)[C@H](C)CP(=O)(OC[C@H]1O[C@@H](c2cnc3c(=O)[nH]c(N)nn23)[C@@](F)(Cl)C1O)Oc1ccccc1. The number of hydrogen-bond acceptors (Lipinski definition) is 10. The monoisotopic (exact) mass is 543 g/mol. The van der Waals surface area contributed by atoms with Crippen molar-refractivity contribution >= 4 is 36.6 Å². The van der Waals surface area contributed by atoms with Crippen LogP contribution in [0.15, 0.2) is 41.3 Å². The number of imidazole rings is 1. The number of nitrogens with zero attached hydrogens (tertiary/aromatic N) is 3. The number of nitrogens with one attached hydrogen (secondary N) is 1. The van der Waals surface area contributed by atoms with E-state index in [-0.39, 0.29) is 35.0 Å². The Morgan fingerprint density at radius 2 is 2.14 bits per heavy atom. The molecule has 4 N–H and O–H groups in total. The molecule has 4 rings (SSSR count). The molecule has 1 aromatic carbocycles. The van der Waals surface area contributed by atoms with Crippen LogP contribution in [0.1, 0.15) is 25.6 Å². The lowest BCUT2D eigenvalue weighted by atomic mass is 10.1. The molecule has 0 aliphatic carbocycles. The molecule has 1 fully saturated rings. The van der Waals surface area contributed by atoms with Crippen molar-refractivity contribution in [3.05, 3.63) is 52.6 Å². The maximum atomic E-state index is 15.5. The molecule has 1 aliphatic heterocycles. The number of alkyl halides is 2. The molecule has 12 nitrogen and oxygen atoms in total. The Morgan fingerprint density at radius 3 is 2.81 bits per heavy atom. The molecule has 2 aromatic heterocycles. The molecular formula is C21H24ClFN5O7P. The summed E-state index contributed by atoms with van der Waals surface area (Å²) in [5.74, 6) is -0.921. The molecule has 2 unspecified atom stereocenters. The summed E-state index contributed by atoms with van der Waals surface area (Å²) in [6, 6.07) is 8.17. The number of fused-ring (bicyclic) bond motifs is 1. The van der Waals surface area contributed by atoms with Crippen molar-refractivity contribution < 1.29 is 32.6 Å². The van der Waals surface area contributed by atoms with E-state index in [2.05, 4.69) is 15.1 Å². The molecule has 0 amide bonds. The molecule has 36 heavy (non-hydrogen) atoms. The highest BCUT2D eigenvalue weighted by Gasteiger charge is 2.58. The van der Waals surface area contributed by atoms with Gasteiger partial charge in [-0.3, -0.25) is 19.1 Å². The summed E-state index contributed by atoms with van der Waals surface area (Å²) in [7, 11) is -3.97. The van der Waals surface area contributed by atoms with Crippen LogP contribution in [0.5, 0.6) is 5.75 Å². The fourth-order valence-corrected chi connectivity index (χ4v) is 5.93. The Labute approximate surface area is 209 Å². The number of hydrogen-bond donors (Lipinski definition) is 3. The first-order valence-corrected chi connectivity index (χ1v) is 13.0. The van der Waals surface area contributed by atoms with Crippen molar-refractivity contribution in [1.29, 1.82) is 0 Å². The van der Waals surface area contributed by atoms with Gasteiger partial charge in [0.05, 0.1) is 24.7 Å². The van der Waals surface area contributed by atoms with Crippen LogP contribution in [0.3, 0.4) is 0 Å². The van der Waals surface area contributed by atoms with Gasteiger partial charge in [-0.15, -0.1) is 5.10 Å². The molecule has 6 atom stereocenters. The summed E-state index contributed by atoms with van der Waals surface area (Å²) in [6.45, 7) is 2.33. The van der Waals surface area contributed by atoms with Crippen LogP contribution < -0.4 is 15.8 Å². The van der Waals surface area contributed by atoms with E-state index in [9.17, 15) is 19.3 Å². The maximum Gasteiger partial charge on any atom is 0.379 e. The van der Waals surface area contributed by atoms with Crippen LogP contribution in [-0.4, -0.2) is 60.6 Å². The third-order valence-electron chi connectivity index (χ3n) is 5.71. The van der Waals surface area contributed by atoms with Crippen molar-refractivity contribution in [3.63, 3.8) is 0 Å². The van der Waals surface area contributed by atoms with Gasteiger partial charge >= 0.3 is 7.60 Å². The van der Waals surface area contributed by atoms with Crippen LogP contribution >= 0.6 is 19.2 Å². The van der Waals surface area contributed by atoms with E-state index in [4.69, 9.17) is 31.1 Å². The number of aliphatic hydroxyl groups excluding tert-OH is 1. The molecule has 3 heterocycles. The van der Waals surface area contributed by atoms with Gasteiger partial charge in [0.25, 0.3) is 5.56 Å². The number of ketones is 1. The summed E-state index contributed by atoms with van der Waals surface area (Å²) >= 11 is 6.03. The minimum atomic E-state index is -3.97. The number of ether oxygens (including phenoxy) is 1. The molecule has 0 bridgehead atoms. The number of nitrogen functional groups attached to an aromatic ring is 1. The Kier molecular flexibility index (Phi) is 7.22. The van der Waals surface area contributed by atoms with Crippen molar-refractivity contribution in [3.8, 4) is 5.75 Å². The zero-order valence-corrected chi connectivity index (χ0v) is 20.9. The number of carbonyl (C=O) groups excluding carboxylic acids is 1. The van der Waals surface area contributed by atoms with Crippen molar-refractivity contribution in [2.75, 3.05) is 18.5 Å². The molecular weight excluding hydrogens is 520 g/mol. The standard InChI is InChI=1S/C21H24ClFN5O7P/c1-11(12(2)29)10-36(32,35-13-6-4-3-5-7-13)33-9-15-16(30)21(22,23)17(34-15)14-8-25-18-19(31)26-20(24)27-28(14)18/h3-8,11,15-17,30H,9-10H2,1-2H3,(H3,24,26,27,31)/t11-,15-,16?,17+,21-,36?/m1/s1. The number of carbonyl (C=O) groups is 1. The minimum Gasteiger partial charge on any atom is -0.424 e. The first-order valence-electron chi connectivity index (χ1n) is 10.8. The number of aliphatic hydroxyl groups is 1. The lowest BCUT2D eigenvalue weighted by molar-refractivity contribution is -0.119. The molecule has 15 heteroatoms. The largest absolute Gasteiger partial charge is 0.424 e. The number of benzene rings is 1. The fourth-order valence-electron chi connectivity index (χ4n) is 3.65. The van der Waals surface area contributed by atoms with Crippen molar-refractivity contribution in [2.24, 2.45) is 5.92 Å². The van der Waals surface area contributed by atoms with Crippen LogP contribution in [0.25, 0.3) is 5.65 Å². The molecule has 194 valence electrons. The van der Waals surface area contributed by atoms with E-state index in [1.54, 1.807) is 37.3 Å². The second-order valence-corrected chi connectivity index (χ2v) is 11.0. The summed E-state index contributed by atoms with van der Waals surface area (Å²) in [6.07, 6.45) is -4.12. The average molecular weight is 544 g/mol. The third kappa shape index (κ3) is 5.16. The summed E-state index contributed by atoms with van der Waals surface area (Å²) < 4.78 is 46.8. The van der Waals surface area contributed by atoms with Gasteiger partial charge in [0.1, 0.15) is 23.7 Å². The van der Waals surface area contributed by atoms with E-state index < -0.39 is 49.1 Å². The fraction of sp³-hybridized carbons (Fsp3) is 0.429. The summed E-state index contributed by atoms with van der Waals surface area (Å²) in [5.41, 5.74) is 4.62. The van der Waals surface area contributed by atoms with E-state index in [1.165, 1.54) is 6.92 Å². The van der Waals surface area contributed by atoms with Gasteiger partial charge in [0, 0.05) is 5.92 Å². The quantitative estimate of drug-likeness (QED) is 0.268. The second-order valence-electron chi connectivity index (χ2n) is 8.44. The summed E-state index contributed by atoms with van der Waals surface area (Å²) in [4.78, 5) is 30.0. The van der Waals surface area contributed by atoms with Gasteiger partial charge < -0.3 is 20.1 Å². The first-order chi connectivity index (χ1) is 16.9. The van der Waals surface area contributed by atoms with Gasteiger partial charge in [-0.05, 0) is 19.1 Å². The number of halogens is 2. The maximum absolute atomic E-state index is 15.5. The zero-order chi connectivity index (χ0) is 26.3. The molecule has 1 aliphatic rings. The van der Waals surface area contributed by atoms with Gasteiger partial charge in [0.2, 0.25) is 16.7 Å². The van der Waals surface area contributed by atoms with Crippen LogP contribution in [0, 0.1) is 5.92 Å². The van der Waals surface area contributed by atoms with Crippen molar-refractivity contribution in [1.82, 2.24) is 19.6 Å². The number of anilines is 1. The van der Waals surface area contributed by atoms with Gasteiger partial charge in [-0.25, -0.2) is 18.5 Å². The van der Waals surface area contributed by atoms with E-state index >= 15 is 4.39 Å². The van der Waals surface area contributed by atoms with Crippen molar-refractivity contribution in [2.45, 2.75) is 37.3 Å². The normalized spacial score (nSPS) is 26.5. The van der Waals surface area contributed by atoms with Gasteiger partial charge in [-0.1, -0.05) is 36.7 Å². The molecule has 0 radical (unpaired) electrons. The Balaban J connectivity index is 1.57. The number of para-hydroxylation sites is 1. The lowest BCUT2D eigenvalue weighted by Gasteiger charge is -2.24. The second kappa shape index (κ2) is 9.91. The first kappa shape index (κ1) is 26.2. The zero-order valence-electron chi connectivity index (χ0n) is 19.2. The van der Waals surface area contributed by atoms with E-state index in [0.717, 1.165) is 10.7 Å². The van der Waals surface area contributed by atoms with Crippen LogP contribution in [0.2, 0.25) is 0 Å². The van der Waals surface area contributed by atoms with Gasteiger partial charge in [0.15, 0.2) is 6.10 Å². The average Bonchev–Trinajstić information content (AvgIpc) is 3.31. The molecule has 0 spiro atoms. The number of rotatable bonds is 9. The Hall–Kier alpha value is -2.83. The topological polar surface area (TPSA) is 171 Å². The number of aromatic amines is 1. The predicted octanol–water partition coefficient (Wildman–Crippen LogP) is 2.22. The van der Waals surface area contributed by atoms with E-state index in [1.807, 2.05) is 0 Å². The van der Waals surface area contributed by atoms with Crippen LogP contribution in [0.4, 0.5) is 10.3 Å². The van der Waals surface area contributed by atoms with E-state index in [0.29, 0.717) is 0 Å². The van der Waals surface area contributed by atoms with Crippen LogP contribution in [-0.2, 0) is 18.6 Å². The highest BCUT2D eigenvalue weighted by atomic mass is 35.5. The lowest BCUT2D eigenvalue weighted by Crippen LogP contribution is -2.38. The Morgan fingerprint density at radius 1 is 1.44 bits per heavy atom. The van der Waals surface area contributed by atoms with Gasteiger partial charge in [-0.2, -0.15) is 0 Å². The highest BCUT2D eigenvalue weighted by Crippen LogP contribution is 2.52.